The fraction of sp³-hybridized carbons (Fsp3) is 0.0909. The molecule has 0 saturated carbocycles. The zero-order valence-corrected chi connectivity index (χ0v) is 10.9. The molecule has 6 nitrogen and oxygen atoms in total. The molecule has 0 aliphatic carbocycles. The third-order valence-corrected chi connectivity index (χ3v) is 2.79. The number of aromatic nitrogens is 2. The molecule has 0 bridgehead atoms. The molecule has 0 atom stereocenters. The average Bonchev–Trinajstić information content (AvgIpc) is 2.73. The van der Waals surface area contributed by atoms with Crippen molar-refractivity contribution < 1.29 is 9.72 Å². The van der Waals surface area contributed by atoms with Gasteiger partial charge in [-0.25, -0.2) is 4.68 Å². The number of carbonyl (C=O) groups is 1. The molecule has 0 aliphatic heterocycles. The summed E-state index contributed by atoms with van der Waals surface area (Å²) in [6, 6.07) is 7.10. The van der Waals surface area contributed by atoms with Gasteiger partial charge >= 0.3 is 5.69 Å². The Morgan fingerprint density at radius 3 is 2.72 bits per heavy atom. The van der Waals surface area contributed by atoms with E-state index in [9.17, 15) is 14.9 Å². The Morgan fingerprint density at radius 2 is 2.22 bits per heavy atom. The highest BCUT2D eigenvalue weighted by atomic mass is 79.9. The highest BCUT2D eigenvalue weighted by Gasteiger charge is 2.23. The number of halogens is 1. The quantitative estimate of drug-likeness (QED) is 0.496. The average molecular weight is 310 g/mol. The molecule has 1 heterocycles. The number of ketones is 1. The number of hydrogen-bond acceptors (Lipinski definition) is 4. The molecule has 2 aromatic rings. The van der Waals surface area contributed by atoms with Gasteiger partial charge in [0.05, 0.1) is 10.6 Å². The van der Waals surface area contributed by atoms with Crippen molar-refractivity contribution in [2.75, 3.05) is 0 Å². The van der Waals surface area contributed by atoms with E-state index in [2.05, 4.69) is 21.0 Å². The first-order valence-corrected chi connectivity index (χ1v) is 5.79. The SMILES string of the molecule is CC(=O)c1nn(-c2cccc(Br)c2)cc1[N+](=O)[O-]. The summed E-state index contributed by atoms with van der Waals surface area (Å²) in [6.07, 6.45) is 1.23. The molecule has 1 aromatic heterocycles. The molecule has 0 unspecified atom stereocenters. The van der Waals surface area contributed by atoms with Gasteiger partial charge in [-0.05, 0) is 18.2 Å². The fourth-order valence-electron chi connectivity index (χ4n) is 1.50. The number of hydrogen-bond donors (Lipinski definition) is 0. The van der Waals surface area contributed by atoms with Crippen LogP contribution in [0.15, 0.2) is 34.9 Å². The van der Waals surface area contributed by atoms with Gasteiger partial charge in [0.2, 0.25) is 5.69 Å². The van der Waals surface area contributed by atoms with Gasteiger partial charge < -0.3 is 0 Å². The van der Waals surface area contributed by atoms with Crippen LogP contribution in [0.1, 0.15) is 17.4 Å². The highest BCUT2D eigenvalue weighted by molar-refractivity contribution is 9.10. The monoisotopic (exact) mass is 309 g/mol. The molecular weight excluding hydrogens is 302 g/mol. The first-order chi connectivity index (χ1) is 8.49. The molecule has 0 saturated heterocycles. The van der Waals surface area contributed by atoms with E-state index < -0.39 is 10.7 Å². The van der Waals surface area contributed by atoms with Crippen molar-refractivity contribution in [2.45, 2.75) is 6.92 Å². The third kappa shape index (κ3) is 2.30. The van der Waals surface area contributed by atoms with Crippen LogP contribution in [0.4, 0.5) is 5.69 Å². The summed E-state index contributed by atoms with van der Waals surface area (Å²) in [5.41, 5.74) is 0.211. The largest absolute Gasteiger partial charge is 0.318 e. The van der Waals surface area contributed by atoms with Crippen molar-refractivity contribution in [3.05, 3.63) is 50.7 Å². The Morgan fingerprint density at radius 1 is 1.50 bits per heavy atom. The van der Waals surface area contributed by atoms with Crippen LogP contribution in [-0.4, -0.2) is 20.5 Å². The second kappa shape index (κ2) is 4.69. The molecule has 92 valence electrons. The molecule has 0 N–H and O–H groups in total. The summed E-state index contributed by atoms with van der Waals surface area (Å²) in [7, 11) is 0. The Hall–Kier alpha value is -2.02. The minimum atomic E-state index is -0.613. The van der Waals surface area contributed by atoms with Crippen LogP contribution in [0, 0.1) is 10.1 Å². The van der Waals surface area contributed by atoms with Gasteiger partial charge in [0.15, 0.2) is 5.78 Å². The van der Waals surface area contributed by atoms with Crippen molar-refractivity contribution in [3.8, 4) is 5.69 Å². The summed E-state index contributed by atoms with van der Waals surface area (Å²) in [5.74, 6) is -0.435. The lowest BCUT2D eigenvalue weighted by atomic mass is 10.3. The lowest BCUT2D eigenvalue weighted by Gasteiger charge is -2.00. The molecule has 0 aliphatic rings. The second-order valence-electron chi connectivity index (χ2n) is 3.60. The lowest BCUT2D eigenvalue weighted by Crippen LogP contribution is -2.00. The topological polar surface area (TPSA) is 78.0 Å². The number of benzene rings is 1. The standard InChI is InChI=1S/C11H8BrN3O3/c1-7(16)11-10(15(17)18)6-14(13-11)9-4-2-3-8(12)5-9/h2-6H,1H3. The van der Waals surface area contributed by atoms with Crippen molar-refractivity contribution in [3.63, 3.8) is 0 Å². The van der Waals surface area contributed by atoms with E-state index >= 15 is 0 Å². The van der Waals surface area contributed by atoms with Gasteiger partial charge in [0.1, 0.15) is 6.20 Å². The number of carbonyl (C=O) groups excluding carboxylic acids is 1. The van der Waals surface area contributed by atoms with Crippen LogP contribution in [0.5, 0.6) is 0 Å². The summed E-state index contributed by atoms with van der Waals surface area (Å²) in [6.45, 7) is 1.25. The van der Waals surface area contributed by atoms with Gasteiger partial charge in [0.25, 0.3) is 0 Å². The molecule has 0 amide bonds. The Balaban J connectivity index is 2.57. The first-order valence-electron chi connectivity index (χ1n) is 5.00. The molecule has 1 aromatic carbocycles. The molecule has 0 radical (unpaired) electrons. The van der Waals surface area contributed by atoms with E-state index in [1.165, 1.54) is 17.8 Å². The maximum atomic E-state index is 11.3. The maximum Gasteiger partial charge on any atom is 0.318 e. The second-order valence-corrected chi connectivity index (χ2v) is 4.52. The van der Waals surface area contributed by atoms with Crippen LogP contribution < -0.4 is 0 Å². The molecule has 0 fully saturated rings. The normalized spacial score (nSPS) is 10.3. The predicted octanol–water partition coefficient (Wildman–Crippen LogP) is 2.75. The summed E-state index contributed by atoms with van der Waals surface area (Å²) in [5, 5.41) is 14.8. The van der Waals surface area contributed by atoms with Crippen molar-refractivity contribution in [2.24, 2.45) is 0 Å². The molecule has 0 spiro atoms. The Bertz CT molecular complexity index is 605. The summed E-state index contributed by atoms with van der Waals surface area (Å²) >= 11 is 3.30. The fourth-order valence-corrected chi connectivity index (χ4v) is 1.89. The lowest BCUT2D eigenvalue weighted by molar-refractivity contribution is -0.385. The molecule has 7 heteroatoms. The predicted molar refractivity (Wildman–Crippen MR) is 67.9 cm³/mol. The molecular formula is C11H8BrN3O3. The maximum absolute atomic E-state index is 11.3. The van der Waals surface area contributed by atoms with Gasteiger partial charge in [-0.15, -0.1) is 0 Å². The number of Topliss-reactive ketones (excluding diaryl/α,β-unsaturated/α-hetero) is 1. The molecule has 18 heavy (non-hydrogen) atoms. The summed E-state index contributed by atoms with van der Waals surface area (Å²) < 4.78 is 2.14. The van der Waals surface area contributed by atoms with Crippen molar-refractivity contribution >= 4 is 27.4 Å². The van der Waals surface area contributed by atoms with Crippen LogP contribution >= 0.6 is 15.9 Å². The minimum absolute atomic E-state index is 0.139. The van der Waals surface area contributed by atoms with Crippen LogP contribution in [0.2, 0.25) is 0 Å². The van der Waals surface area contributed by atoms with E-state index in [0.29, 0.717) is 5.69 Å². The van der Waals surface area contributed by atoms with E-state index in [1.54, 1.807) is 18.2 Å². The van der Waals surface area contributed by atoms with Gasteiger partial charge in [-0.1, -0.05) is 22.0 Å². The van der Waals surface area contributed by atoms with E-state index in [0.717, 1.165) is 4.47 Å². The minimum Gasteiger partial charge on any atom is -0.292 e. The zero-order valence-electron chi connectivity index (χ0n) is 9.33. The first kappa shape index (κ1) is 12.4. The van der Waals surface area contributed by atoms with E-state index in [4.69, 9.17) is 0 Å². The number of nitro groups is 1. The molecule has 2 rings (SSSR count). The van der Waals surface area contributed by atoms with Gasteiger partial charge in [0, 0.05) is 11.4 Å². The Kier molecular flexibility index (Phi) is 3.24. The van der Waals surface area contributed by atoms with E-state index in [1.807, 2.05) is 6.07 Å². The van der Waals surface area contributed by atoms with E-state index in [-0.39, 0.29) is 11.4 Å². The summed E-state index contributed by atoms with van der Waals surface area (Å²) in [4.78, 5) is 21.5. The number of nitrogens with zero attached hydrogens (tertiary/aromatic N) is 3. The Labute approximate surface area is 111 Å². The number of rotatable bonds is 3. The highest BCUT2D eigenvalue weighted by Crippen LogP contribution is 2.21. The van der Waals surface area contributed by atoms with Crippen molar-refractivity contribution in [1.82, 2.24) is 9.78 Å². The third-order valence-electron chi connectivity index (χ3n) is 2.30. The van der Waals surface area contributed by atoms with Crippen LogP contribution in [-0.2, 0) is 0 Å². The van der Waals surface area contributed by atoms with Gasteiger partial charge in [-0.2, -0.15) is 5.10 Å². The van der Waals surface area contributed by atoms with Crippen molar-refractivity contribution in [1.29, 1.82) is 0 Å². The zero-order chi connectivity index (χ0) is 13.3. The van der Waals surface area contributed by atoms with Crippen LogP contribution in [0.25, 0.3) is 5.69 Å². The van der Waals surface area contributed by atoms with Crippen LogP contribution in [0.3, 0.4) is 0 Å². The smallest absolute Gasteiger partial charge is 0.292 e. The van der Waals surface area contributed by atoms with Gasteiger partial charge in [-0.3, -0.25) is 14.9 Å².